The van der Waals surface area contributed by atoms with E-state index in [9.17, 15) is 5.11 Å². The molecule has 1 aromatic heterocycles. The number of rotatable bonds is 7. The monoisotopic (exact) mass is 325 g/mol. The Morgan fingerprint density at radius 1 is 1.27 bits per heavy atom. The smallest absolute Gasteiger partial charge is 0.0512 e. The van der Waals surface area contributed by atoms with E-state index < -0.39 is 0 Å². The summed E-state index contributed by atoms with van der Waals surface area (Å²) in [4.78, 5) is 8.38. The van der Waals surface area contributed by atoms with Crippen molar-refractivity contribution in [3.63, 3.8) is 0 Å². The fraction of sp³-hybridized carbons (Fsp3) is 0.765. The van der Waals surface area contributed by atoms with Crippen LogP contribution >= 0.6 is 11.3 Å². The van der Waals surface area contributed by atoms with Gasteiger partial charge in [0.25, 0.3) is 0 Å². The van der Waals surface area contributed by atoms with E-state index in [2.05, 4.69) is 54.3 Å². The van der Waals surface area contributed by atoms with Gasteiger partial charge in [0.05, 0.1) is 6.61 Å². The molecule has 0 bridgehead atoms. The summed E-state index contributed by atoms with van der Waals surface area (Å²) in [7, 11) is 8.42. The topological polar surface area (TPSA) is 30.0 Å². The Morgan fingerprint density at radius 2 is 2.05 bits per heavy atom. The van der Waals surface area contributed by atoms with Crippen LogP contribution in [0.15, 0.2) is 11.4 Å². The Morgan fingerprint density at radius 3 is 2.68 bits per heavy atom. The van der Waals surface area contributed by atoms with Gasteiger partial charge in [-0.3, -0.25) is 4.90 Å². The molecule has 2 rings (SSSR count). The van der Waals surface area contributed by atoms with Gasteiger partial charge in [-0.05, 0) is 64.6 Å². The van der Waals surface area contributed by atoms with E-state index in [1.807, 2.05) is 11.3 Å². The van der Waals surface area contributed by atoms with Gasteiger partial charge in [-0.1, -0.05) is 0 Å². The van der Waals surface area contributed by atoms with Crippen LogP contribution in [0.25, 0.3) is 0 Å². The van der Waals surface area contributed by atoms with Crippen molar-refractivity contribution >= 4 is 11.3 Å². The first-order valence-electron chi connectivity index (χ1n) is 8.11. The van der Waals surface area contributed by atoms with Crippen LogP contribution in [-0.4, -0.2) is 74.2 Å². The summed E-state index contributed by atoms with van der Waals surface area (Å²) in [6.45, 7) is 5.44. The maximum atomic E-state index is 9.92. The summed E-state index contributed by atoms with van der Waals surface area (Å²) in [5.74, 6) is 0. The van der Waals surface area contributed by atoms with Gasteiger partial charge in [-0.15, -0.1) is 11.3 Å². The van der Waals surface area contributed by atoms with E-state index in [0.717, 1.165) is 39.1 Å². The van der Waals surface area contributed by atoms with Crippen LogP contribution in [0.4, 0.5) is 0 Å². The Hall–Kier alpha value is -0.460. The third kappa shape index (κ3) is 5.03. The molecule has 0 spiro atoms. The highest BCUT2D eigenvalue weighted by atomic mass is 32.1. The molecule has 126 valence electrons. The maximum absolute atomic E-state index is 9.92. The van der Waals surface area contributed by atoms with E-state index in [-0.39, 0.29) is 12.0 Å². The molecule has 0 radical (unpaired) electrons. The first-order valence-corrected chi connectivity index (χ1v) is 8.99. The lowest BCUT2D eigenvalue weighted by atomic mass is 9.80. The molecule has 1 saturated heterocycles. The lowest BCUT2D eigenvalue weighted by Crippen LogP contribution is -2.49. The molecular weight excluding hydrogens is 294 g/mol. The predicted molar refractivity (Wildman–Crippen MR) is 94.3 cm³/mol. The Balaban J connectivity index is 1.96. The number of likely N-dealkylation sites (tertiary alicyclic amines) is 1. The third-order valence-electron chi connectivity index (χ3n) is 4.31. The van der Waals surface area contributed by atoms with Gasteiger partial charge in [0, 0.05) is 36.5 Å². The standard InChI is InChI=1S/C17H31N3OS/c1-18(2)9-15-8-16(22-11-15)10-20-7-5-6-17(13-20,14-21)12-19(3)4/h8,11,21H,5-7,9-10,12-14H2,1-4H3/t17-/m0/s1. The number of aliphatic hydroxyl groups is 1. The summed E-state index contributed by atoms with van der Waals surface area (Å²) >= 11 is 1.87. The van der Waals surface area contributed by atoms with Crippen LogP contribution in [0.3, 0.4) is 0 Å². The van der Waals surface area contributed by atoms with Gasteiger partial charge in [-0.25, -0.2) is 0 Å². The van der Waals surface area contributed by atoms with Crippen LogP contribution in [-0.2, 0) is 13.1 Å². The molecule has 5 heteroatoms. The largest absolute Gasteiger partial charge is 0.396 e. The number of hydrogen-bond donors (Lipinski definition) is 1. The van der Waals surface area contributed by atoms with E-state index >= 15 is 0 Å². The molecule has 1 N–H and O–H groups in total. The summed E-state index contributed by atoms with van der Waals surface area (Å²) in [6.07, 6.45) is 2.32. The van der Waals surface area contributed by atoms with Crippen LogP contribution in [0, 0.1) is 5.41 Å². The summed E-state index contributed by atoms with van der Waals surface area (Å²) in [5, 5.41) is 12.2. The van der Waals surface area contributed by atoms with Gasteiger partial charge >= 0.3 is 0 Å². The SMILES string of the molecule is CN(C)Cc1csc(CN2CCC[C@](CO)(CN(C)C)C2)c1. The fourth-order valence-corrected chi connectivity index (χ4v) is 4.52. The Bertz CT molecular complexity index is 461. The van der Waals surface area contributed by atoms with Crippen molar-refractivity contribution in [2.24, 2.45) is 5.41 Å². The molecule has 0 amide bonds. The van der Waals surface area contributed by atoms with E-state index in [1.165, 1.54) is 16.9 Å². The highest BCUT2D eigenvalue weighted by Crippen LogP contribution is 2.31. The summed E-state index contributed by atoms with van der Waals surface area (Å²) in [5.41, 5.74) is 1.45. The van der Waals surface area contributed by atoms with E-state index in [1.54, 1.807) is 0 Å². The van der Waals surface area contributed by atoms with Crippen molar-refractivity contribution in [2.45, 2.75) is 25.9 Å². The minimum absolute atomic E-state index is 0.0471. The maximum Gasteiger partial charge on any atom is 0.0512 e. The number of thiophene rings is 1. The summed E-state index contributed by atoms with van der Waals surface area (Å²) in [6, 6.07) is 2.34. The minimum Gasteiger partial charge on any atom is -0.396 e. The third-order valence-corrected chi connectivity index (χ3v) is 5.28. The first-order chi connectivity index (χ1) is 10.4. The van der Waals surface area contributed by atoms with Crippen LogP contribution in [0.1, 0.15) is 23.3 Å². The van der Waals surface area contributed by atoms with E-state index in [0.29, 0.717) is 0 Å². The molecule has 0 aromatic carbocycles. The van der Waals surface area contributed by atoms with Crippen molar-refractivity contribution in [2.75, 3.05) is 54.4 Å². The lowest BCUT2D eigenvalue weighted by molar-refractivity contribution is 0.0109. The molecule has 1 atom stereocenters. The molecule has 4 nitrogen and oxygen atoms in total. The van der Waals surface area contributed by atoms with Crippen molar-refractivity contribution in [1.82, 2.24) is 14.7 Å². The molecule has 1 aliphatic rings. The number of nitrogens with zero attached hydrogens (tertiary/aromatic N) is 3. The zero-order chi connectivity index (χ0) is 16.2. The number of hydrogen-bond acceptors (Lipinski definition) is 5. The van der Waals surface area contributed by atoms with Crippen LogP contribution in [0.5, 0.6) is 0 Å². The van der Waals surface area contributed by atoms with Gasteiger partial charge < -0.3 is 14.9 Å². The van der Waals surface area contributed by atoms with E-state index in [4.69, 9.17) is 0 Å². The average Bonchev–Trinajstić information content (AvgIpc) is 2.84. The fourth-order valence-electron chi connectivity index (χ4n) is 3.60. The van der Waals surface area contributed by atoms with Gasteiger partial charge in [-0.2, -0.15) is 0 Å². The van der Waals surface area contributed by atoms with Crippen LogP contribution < -0.4 is 0 Å². The van der Waals surface area contributed by atoms with Gasteiger partial charge in [0.1, 0.15) is 0 Å². The molecule has 0 aliphatic carbocycles. The highest BCUT2D eigenvalue weighted by molar-refractivity contribution is 7.10. The molecule has 22 heavy (non-hydrogen) atoms. The zero-order valence-electron chi connectivity index (χ0n) is 14.5. The average molecular weight is 326 g/mol. The van der Waals surface area contributed by atoms with Crippen molar-refractivity contribution < 1.29 is 5.11 Å². The summed E-state index contributed by atoms with van der Waals surface area (Å²) < 4.78 is 0. The molecule has 2 heterocycles. The first kappa shape index (κ1) is 17.9. The zero-order valence-corrected chi connectivity index (χ0v) is 15.3. The van der Waals surface area contributed by atoms with Crippen molar-refractivity contribution in [3.05, 3.63) is 21.9 Å². The Labute approximate surface area is 139 Å². The lowest BCUT2D eigenvalue weighted by Gasteiger charge is -2.43. The van der Waals surface area contributed by atoms with Crippen molar-refractivity contribution in [3.8, 4) is 0 Å². The normalized spacial score (nSPS) is 23.6. The predicted octanol–water partition coefficient (Wildman–Crippen LogP) is 1.95. The minimum atomic E-state index is 0.0471. The number of piperidine rings is 1. The van der Waals surface area contributed by atoms with Gasteiger partial charge in [0.15, 0.2) is 0 Å². The molecule has 1 fully saturated rings. The molecular formula is C17H31N3OS. The second-order valence-corrected chi connectivity index (χ2v) is 8.36. The van der Waals surface area contributed by atoms with Crippen molar-refractivity contribution in [1.29, 1.82) is 0 Å². The van der Waals surface area contributed by atoms with Crippen LogP contribution in [0.2, 0.25) is 0 Å². The quantitative estimate of drug-likeness (QED) is 0.830. The second-order valence-electron chi connectivity index (χ2n) is 7.37. The Kier molecular flexibility index (Phi) is 6.41. The second kappa shape index (κ2) is 7.88. The highest BCUT2D eigenvalue weighted by Gasteiger charge is 2.35. The number of aliphatic hydroxyl groups excluding tert-OH is 1. The molecule has 0 unspecified atom stereocenters. The molecule has 1 aliphatic heterocycles. The molecule has 1 aromatic rings. The molecule has 0 saturated carbocycles. The van der Waals surface area contributed by atoms with Gasteiger partial charge in [0.2, 0.25) is 0 Å².